The number of benzene rings is 1. The summed E-state index contributed by atoms with van der Waals surface area (Å²) in [5.74, 6) is -0.134. The van der Waals surface area contributed by atoms with E-state index in [4.69, 9.17) is 0 Å². The molecule has 2 rings (SSSR count). The van der Waals surface area contributed by atoms with Crippen LogP contribution in [0.1, 0.15) is 24.8 Å². The van der Waals surface area contributed by atoms with E-state index in [1.807, 2.05) is 23.9 Å². The Kier molecular flexibility index (Phi) is 4.88. The maximum atomic E-state index is 13.6. The Morgan fingerprint density at radius 3 is 3.00 bits per heavy atom. The molecule has 0 amide bonds. The van der Waals surface area contributed by atoms with Crippen molar-refractivity contribution in [3.8, 4) is 0 Å². The van der Waals surface area contributed by atoms with Gasteiger partial charge in [0.2, 0.25) is 0 Å². The smallest absolute Gasteiger partial charge is 0.128 e. The Morgan fingerprint density at radius 2 is 2.29 bits per heavy atom. The molecule has 1 aromatic carbocycles. The number of rotatable bonds is 4. The highest BCUT2D eigenvalue weighted by Gasteiger charge is 2.25. The van der Waals surface area contributed by atoms with Crippen LogP contribution in [0.3, 0.4) is 0 Å². The average molecular weight is 318 g/mol. The Hall–Kier alpha value is -0.0600. The largest absolute Gasteiger partial charge is 0.309 e. The van der Waals surface area contributed by atoms with Gasteiger partial charge < -0.3 is 5.32 Å². The maximum Gasteiger partial charge on any atom is 0.128 e. The van der Waals surface area contributed by atoms with Gasteiger partial charge in [-0.2, -0.15) is 11.8 Å². The third-order valence-corrected chi connectivity index (χ3v) is 4.99. The van der Waals surface area contributed by atoms with Gasteiger partial charge in [0.25, 0.3) is 0 Å². The molecular formula is C13H17BrFNS. The zero-order valence-electron chi connectivity index (χ0n) is 9.88. The standard InChI is InChI=1S/C13H17BrFNS/c1-17-13-4-2-3-12(13)16-8-9-5-6-10(14)7-11(9)15/h5-7,12-13,16H,2-4,8H2,1H3. The number of halogens is 2. The molecule has 0 radical (unpaired) electrons. The molecule has 1 fully saturated rings. The first kappa shape index (κ1) is 13.4. The molecular weight excluding hydrogens is 301 g/mol. The lowest BCUT2D eigenvalue weighted by atomic mass is 10.2. The van der Waals surface area contributed by atoms with Gasteiger partial charge in [0.1, 0.15) is 5.82 Å². The lowest BCUT2D eigenvalue weighted by Crippen LogP contribution is -2.33. The van der Waals surface area contributed by atoms with E-state index >= 15 is 0 Å². The van der Waals surface area contributed by atoms with E-state index in [0.29, 0.717) is 17.8 Å². The van der Waals surface area contributed by atoms with Gasteiger partial charge in [-0.25, -0.2) is 4.39 Å². The van der Waals surface area contributed by atoms with E-state index in [1.165, 1.54) is 25.3 Å². The van der Waals surface area contributed by atoms with Crippen LogP contribution in [-0.4, -0.2) is 17.5 Å². The van der Waals surface area contributed by atoms with E-state index in [2.05, 4.69) is 27.5 Å². The molecule has 1 N–H and O–H groups in total. The zero-order chi connectivity index (χ0) is 12.3. The van der Waals surface area contributed by atoms with Crippen molar-refractivity contribution in [2.75, 3.05) is 6.26 Å². The van der Waals surface area contributed by atoms with Gasteiger partial charge in [0.15, 0.2) is 0 Å². The lowest BCUT2D eigenvalue weighted by Gasteiger charge is -2.19. The molecule has 2 unspecified atom stereocenters. The minimum Gasteiger partial charge on any atom is -0.309 e. The van der Waals surface area contributed by atoms with Crippen molar-refractivity contribution >= 4 is 27.7 Å². The van der Waals surface area contributed by atoms with Crippen molar-refractivity contribution in [3.05, 3.63) is 34.1 Å². The first-order valence-corrected chi connectivity index (χ1v) is 7.99. The summed E-state index contributed by atoms with van der Waals surface area (Å²) in [6, 6.07) is 5.79. The van der Waals surface area contributed by atoms with Crippen molar-refractivity contribution in [3.63, 3.8) is 0 Å². The molecule has 17 heavy (non-hydrogen) atoms. The van der Waals surface area contributed by atoms with E-state index in [0.717, 1.165) is 10.0 Å². The van der Waals surface area contributed by atoms with Crippen LogP contribution < -0.4 is 5.32 Å². The molecule has 2 atom stereocenters. The second kappa shape index (κ2) is 6.21. The molecule has 1 aliphatic carbocycles. The van der Waals surface area contributed by atoms with Crippen LogP contribution in [0.4, 0.5) is 4.39 Å². The Bertz CT molecular complexity index is 386. The molecule has 0 bridgehead atoms. The summed E-state index contributed by atoms with van der Waals surface area (Å²) in [6.45, 7) is 0.626. The van der Waals surface area contributed by atoms with E-state index in [-0.39, 0.29) is 5.82 Å². The molecule has 1 saturated carbocycles. The van der Waals surface area contributed by atoms with Gasteiger partial charge in [-0.05, 0) is 31.2 Å². The average Bonchev–Trinajstić information content (AvgIpc) is 2.75. The van der Waals surface area contributed by atoms with Crippen molar-refractivity contribution in [2.24, 2.45) is 0 Å². The van der Waals surface area contributed by atoms with Crippen LogP contribution in [0.25, 0.3) is 0 Å². The highest BCUT2D eigenvalue weighted by Crippen LogP contribution is 2.28. The molecule has 0 saturated heterocycles. The van der Waals surface area contributed by atoms with Crippen LogP contribution in [0.2, 0.25) is 0 Å². The highest BCUT2D eigenvalue weighted by atomic mass is 79.9. The van der Waals surface area contributed by atoms with Gasteiger partial charge in [-0.1, -0.05) is 28.4 Å². The van der Waals surface area contributed by atoms with Crippen LogP contribution in [0, 0.1) is 5.82 Å². The predicted octanol–water partition coefficient (Wildman–Crippen LogP) is 3.96. The quantitative estimate of drug-likeness (QED) is 0.902. The van der Waals surface area contributed by atoms with E-state index in [9.17, 15) is 4.39 Å². The van der Waals surface area contributed by atoms with Gasteiger partial charge >= 0.3 is 0 Å². The molecule has 0 heterocycles. The molecule has 1 nitrogen and oxygen atoms in total. The monoisotopic (exact) mass is 317 g/mol. The summed E-state index contributed by atoms with van der Waals surface area (Å²) in [6.07, 6.45) is 5.93. The third-order valence-electron chi connectivity index (χ3n) is 3.33. The topological polar surface area (TPSA) is 12.0 Å². The number of nitrogens with one attached hydrogen (secondary N) is 1. The second-order valence-corrected chi connectivity index (χ2v) is 6.42. The van der Waals surface area contributed by atoms with Crippen molar-refractivity contribution in [2.45, 2.75) is 37.1 Å². The summed E-state index contributed by atoms with van der Waals surface area (Å²) in [7, 11) is 0. The molecule has 1 aromatic rings. The molecule has 0 aliphatic heterocycles. The maximum absolute atomic E-state index is 13.6. The molecule has 0 spiro atoms. The third kappa shape index (κ3) is 3.46. The first-order valence-electron chi connectivity index (χ1n) is 5.91. The van der Waals surface area contributed by atoms with Crippen LogP contribution >= 0.6 is 27.7 Å². The summed E-state index contributed by atoms with van der Waals surface area (Å²) >= 11 is 5.19. The van der Waals surface area contributed by atoms with Crippen LogP contribution in [-0.2, 0) is 6.54 Å². The summed E-state index contributed by atoms with van der Waals surface area (Å²) in [5, 5.41) is 4.17. The minimum atomic E-state index is -0.134. The fraction of sp³-hybridized carbons (Fsp3) is 0.538. The number of thioether (sulfide) groups is 1. The number of hydrogen-bond donors (Lipinski definition) is 1. The van der Waals surface area contributed by atoms with Gasteiger partial charge in [-0.15, -0.1) is 0 Å². The normalized spacial score (nSPS) is 24.2. The van der Waals surface area contributed by atoms with E-state index < -0.39 is 0 Å². The zero-order valence-corrected chi connectivity index (χ0v) is 12.3. The molecule has 4 heteroatoms. The predicted molar refractivity (Wildman–Crippen MR) is 75.9 cm³/mol. The van der Waals surface area contributed by atoms with Gasteiger partial charge in [0, 0.05) is 27.9 Å². The summed E-state index contributed by atoms with van der Waals surface area (Å²) in [5.41, 5.74) is 0.750. The fourth-order valence-corrected chi connectivity index (χ4v) is 3.64. The summed E-state index contributed by atoms with van der Waals surface area (Å²) in [4.78, 5) is 0. The van der Waals surface area contributed by atoms with Gasteiger partial charge in [-0.3, -0.25) is 0 Å². The van der Waals surface area contributed by atoms with Crippen LogP contribution in [0.5, 0.6) is 0 Å². The second-order valence-electron chi connectivity index (χ2n) is 4.43. The Labute approximate surface area is 115 Å². The van der Waals surface area contributed by atoms with Crippen molar-refractivity contribution in [1.29, 1.82) is 0 Å². The first-order chi connectivity index (χ1) is 8.20. The number of hydrogen-bond acceptors (Lipinski definition) is 2. The van der Waals surface area contributed by atoms with Crippen molar-refractivity contribution < 1.29 is 4.39 Å². The van der Waals surface area contributed by atoms with Crippen molar-refractivity contribution in [1.82, 2.24) is 5.32 Å². The SMILES string of the molecule is CSC1CCCC1NCc1ccc(Br)cc1F. The van der Waals surface area contributed by atoms with Crippen LogP contribution in [0.15, 0.2) is 22.7 Å². The highest BCUT2D eigenvalue weighted by molar-refractivity contribution is 9.10. The van der Waals surface area contributed by atoms with Gasteiger partial charge in [0.05, 0.1) is 0 Å². The lowest BCUT2D eigenvalue weighted by molar-refractivity contribution is 0.515. The fourth-order valence-electron chi connectivity index (χ4n) is 2.35. The minimum absolute atomic E-state index is 0.134. The molecule has 94 valence electrons. The molecule has 1 aliphatic rings. The Morgan fingerprint density at radius 1 is 1.47 bits per heavy atom. The summed E-state index contributed by atoms with van der Waals surface area (Å²) < 4.78 is 14.4. The molecule has 0 aromatic heterocycles. The Balaban J connectivity index is 1.93. The van der Waals surface area contributed by atoms with E-state index in [1.54, 1.807) is 0 Å².